The van der Waals surface area contributed by atoms with Gasteiger partial charge in [0.2, 0.25) is 5.91 Å². The average Bonchev–Trinajstić information content (AvgIpc) is 3.24. The first-order valence-electron chi connectivity index (χ1n) is 11.1. The Bertz CT molecular complexity index is 1070. The van der Waals surface area contributed by atoms with Crippen LogP contribution in [0.1, 0.15) is 39.9 Å². The molecule has 0 spiro atoms. The molecule has 1 saturated heterocycles. The number of pyridine rings is 1. The van der Waals surface area contributed by atoms with Crippen LogP contribution in [0.3, 0.4) is 0 Å². The highest BCUT2D eigenvalue weighted by atomic mass is 16.2. The molecular weight excluding hydrogens is 402 g/mol. The summed E-state index contributed by atoms with van der Waals surface area (Å²) in [5, 5.41) is 7.40. The van der Waals surface area contributed by atoms with E-state index in [1.165, 1.54) is 5.56 Å². The maximum Gasteiger partial charge on any atom is 0.253 e. The summed E-state index contributed by atoms with van der Waals surface area (Å²) in [6.07, 6.45) is 7.86. The van der Waals surface area contributed by atoms with Crippen molar-refractivity contribution in [2.24, 2.45) is 5.92 Å². The SMILES string of the molecule is Cc1cc(C)cc(C(=O)N2CCCC(C(=O)Nc3ccn(CCc4ccncc4)n3)C2)c1. The van der Waals surface area contributed by atoms with E-state index < -0.39 is 0 Å². The van der Waals surface area contributed by atoms with E-state index >= 15 is 0 Å². The number of anilines is 1. The van der Waals surface area contributed by atoms with Crippen molar-refractivity contribution in [3.05, 3.63) is 77.2 Å². The van der Waals surface area contributed by atoms with Gasteiger partial charge in [-0.05, 0) is 62.9 Å². The summed E-state index contributed by atoms with van der Waals surface area (Å²) in [6, 6.07) is 11.7. The Labute approximate surface area is 188 Å². The van der Waals surface area contributed by atoms with Gasteiger partial charge in [-0.25, -0.2) is 0 Å². The van der Waals surface area contributed by atoms with Crippen LogP contribution < -0.4 is 5.32 Å². The van der Waals surface area contributed by atoms with Crippen LogP contribution in [0.25, 0.3) is 0 Å². The van der Waals surface area contributed by atoms with Gasteiger partial charge >= 0.3 is 0 Å². The Morgan fingerprint density at radius 3 is 2.59 bits per heavy atom. The summed E-state index contributed by atoms with van der Waals surface area (Å²) in [5.74, 6) is 0.222. The number of carbonyl (C=O) groups is 2. The number of piperidine rings is 1. The highest BCUT2D eigenvalue weighted by molar-refractivity contribution is 5.96. The van der Waals surface area contributed by atoms with Crippen molar-refractivity contribution in [1.82, 2.24) is 19.7 Å². The number of nitrogens with zero attached hydrogens (tertiary/aromatic N) is 4. The van der Waals surface area contributed by atoms with Crippen LogP contribution in [0.4, 0.5) is 5.82 Å². The topological polar surface area (TPSA) is 80.1 Å². The zero-order valence-corrected chi connectivity index (χ0v) is 18.6. The minimum atomic E-state index is -0.236. The van der Waals surface area contributed by atoms with E-state index in [-0.39, 0.29) is 17.7 Å². The Balaban J connectivity index is 1.33. The summed E-state index contributed by atoms with van der Waals surface area (Å²) < 4.78 is 1.83. The summed E-state index contributed by atoms with van der Waals surface area (Å²) in [6.45, 7) is 5.82. The normalized spacial score (nSPS) is 16.1. The maximum atomic E-state index is 13.0. The number of carbonyl (C=O) groups excluding carboxylic acids is 2. The standard InChI is InChI=1S/C25H29N5O2/c1-18-14-19(2)16-22(15-18)25(32)29-11-3-4-21(17-29)24(31)27-23-8-13-30(28-23)12-7-20-5-9-26-10-6-20/h5-6,8-10,13-16,21H,3-4,7,11-12,17H2,1-2H3,(H,27,28,31). The lowest BCUT2D eigenvalue weighted by Crippen LogP contribution is -2.43. The molecular formula is C25H29N5O2. The van der Waals surface area contributed by atoms with Gasteiger partial charge in [0.15, 0.2) is 5.82 Å². The Hall–Kier alpha value is -3.48. The monoisotopic (exact) mass is 431 g/mol. The molecule has 3 aromatic rings. The third-order valence-corrected chi connectivity index (χ3v) is 5.82. The van der Waals surface area contributed by atoms with Crippen molar-refractivity contribution in [2.75, 3.05) is 18.4 Å². The van der Waals surface area contributed by atoms with Crippen molar-refractivity contribution >= 4 is 17.6 Å². The number of benzene rings is 1. The smallest absolute Gasteiger partial charge is 0.253 e. The lowest BCUT2D eigenvalue weighted by molar-refractivity contribution is -0.121. The Kier molecular flexibility index (Phi) is 6.63. The summed E-state index contributed by atoms with van der Waals surface area (Å²) >= 11 is 0. The summed E-state index contributed by atoms with van der Waals surface area (Å²) in [4.78, 5) is 31.7. The molecule has 1 aromatic carbocycles. The number of hydrogen-bond donors (Lipinski definition) is 1. The van der Waals surface area contributed by atoms with E-state index in [0.29, 0.717) is 24.5 Å². The van der Waals surface area contributed by atoms with Crippen molar-refractivity contribution in [2.45, 2.75) is 39.7 Å². The number of rotatable bonds is 6. The molecule has 1 N–H and O–H groups in total. The van der Waals surface area contributed by atoms with Gasteiger partial charge < -0.3 is 10.2 Å². The molecule has 7 heteroatoms. The molecule has 32 heavy (non-hydrogen) atoms. The predicted octanol–water partition coefficient (Wildman–Crippen LogP) is 3.63. The van der Waals surface area contributed by atoms with E-state index in [4.69, 9.17) is 0 Å². The molecule has 2 aromatic heterocycles. The maximum absolute atomic E-state index is 13.0. The van der Waals surface area contributed by atoms with Crippen LogP contribution in [0, 0.1) is 19.8 Å². The molecule has 1 aliphatic heterocycles. The first kappa shape index (κ1) is 21.7. The molecule has 0 saturated carbocycles. The first-order chi connectivity index (χ1) is 15.5. The number of likely N-dealkylation sites (tertiary alicyclic amines) is 1. The molecule has 3 heterocycles. The molecule has 1 atom stereocenters. The second-order valence-corrected chi connectivity index (χ2v) is 8.53. The van der Waals surface area contributed by atoms with Crippen LogP contribution in [-0.4, -0.2) is 44.6 Å². The van der Waals surface area contributed by atoms with Crippen LogP contribution in [0.5, 0.6) is 0 Å². The van der Waals surface area contributed by atoms with Gasteiger partial charge in [-0.3, -0.25) is 19.3 Å². The molecule has 1 aliphatic rings. The number of aromatic nitrogens is 3. The van der Waals surface area contributed by atoms with Gasteiger partial charge in [-0.15, -0.1) is 0 Å². The minimum absolute atomic E-state index is 0.00492. The Morgan fingerprint density at radius 2 is 1.84 bits per heavy atom. The lowest BCUT2D eigenvalue weighted by Gasteiger charge is -2.32. The van der Waals surface area contributed by atoms with Gasteiger partial charge in [0.1, 0.15) is 0 Å². The number of aryl methyl sites for hydroxylation is 4. The molecule has 0 radical (unpaired) electrons. The van der Waals surface area contributed by atoms with Crippen LogP contribution in [-0.2, 0) is 17.8 Å². The second kappa shape index (κ2) is 9.77. The third-order valence-electron chi connectivity index (χ3n) is 5.82. The van der Waals surface area contributed by atoms with Gasteiger partial charge in [-0.2, -0.15) is 5.10 Å². The van der Waals surface area contributed by atoms with Crippen molar-refractivity contribution in [1.29, 1.82) is 0 Å². The zero-order chi connectivity index (χ0) is 22.5. The van der Waals surface area contributed by atoms with Crippen LogP contribution in [0.15, 0.2) is 55.0 Å². The number of hydrogen-bond acceptors (Lipinski definition) is 4. The molecule has 1 fully saturated rings. The fourth-order valence-corrected chi connectivity index (χ4v) is 4.23. The molecule has 0 bridgehead atoms. The zero-order valence-electron chi connectivity index (χ0n) is 18.6. The second-order valence-electron chi connectivity index (χ2n) is 8.53. The molecule has 1 unspecified atom stereocenters. The summed E-state index contributed by atoms with van der Waals surface area (Å²) in [7, 11) is 0. The molecule has 4 rings (SSSR count). The van der Waals surface area contributed by atoms with Gasteiger partial charge in [0.05, 0.1) is 5.92 Å². The van der Waals surface area contributed by atoms with E-state index in [1.807, 2.05) is 55.1 Å². The van der Waals surface area contributed by atoms with Crippen LogP contribution >= 0.6 is 0 Å². The highest BCUT2D eigenvalue weighted by Gasteiger charge is 2.29. The van der Waals surface area contributed by atoms with E-state index in [1.54, 1.807) is 17.3 Å². The summed E-state index contributed by atoms with van der Waals surface area (Å²) in [5.41, 5.74) is 4.02. The minimum Gasteiger partial charge on any atom is -0.338 e. The van der Waals surface area contributed by atoms with Gasteiger partial charge in [-0.1, -0.05) is 17.2 Å². The van der Waals surface area contributed by atoms with Crippen molar-refractivity contribution in [3.63, 3.8) is 0 Å². The Morgan fingerprint density at radius 1 is 1.09 bits per heavy atom. The lowest BCUT2D eigenvalue weighted by atomic mass is 9.96. The molecule has 2 amide bonds. The molecule has 7 nitrogen and oxygen atoms in total. The van der Waals surface area contributed by atoms with E-state index in [9.17, 15) is 9.59 Å². The van der Waals surface area contributed by atoms with Crippen molar-refractivity contribution in [3.8, 4) is 0 Å². The van der Waals surface area contributed by atoms with Gasteiger partial charge in [0, 0.05) is 49.9 Å². The quantitative estimate of drug-likeness (QED) is 0.646. The van der Waals surface area contributed by atoms with Crippen LogP contribution in [0.2, 0.25) is 0 Å². The fraction of sp³-hybridized carbons (Fsp3) is 0.360. The van der Waals surface area contributed by atoms with E-state index in [0.717, 1.165) is 36.9 Å². The third kappa shape index (κ3) is 5.41. The fourth-order valence-electron chi connectivity index (χ4n) is 4.23. The largest absolute Gasteiger partial charge is 0.338 e. The van der Waals surface area contributed by atoms with Crippen molar-refractivity contribution < 1.29 is 9.59 Å². The highest BCUT2D eigenvalue weighted by Crippen LogP contribution is 2.21. The molecule has 0 aliphatic carbocycles. The molecule has 166 valence electrons. The number of nitrogens with one attached hydrogen (secondary N) is 1. The number of amides is 2. The average molecular weight is 432 g/mol. The van der Waals surface area contributed by atoms with Gasteiger partial charge in [0.25, 0.3) is 5.91 Å². The van der Waals surface area contributed by atoms with E-state index in [2.05, 4.69) is 21.5 Å². The predicted molar refractivity (Wildman–Crippen MR) is 123 cm³/mol. The first-order valence-corrected chi connectivity index (χ1v) is 11.1.